The van der Waals surface area contributed by atoms with Gasteiger partial charge in [0.15, 0.2) is 0 Å². The number of amides is 1. The molecule has 0 radical (unpaired) electrons. The van der Waals surface area contributed by atoms with Crippen molar-refractivity contribution in [2.24, 2.45) is 0 Å². The van der Waals surface area contributed by atoms with E-state index >= 15 is 0 Å². The summed E-state index contributed by atoms with van der Waals surface area (Å²) >= 11 is 0. The second-order valence-corrected chi connectivity index (χ2v) is 7.06. The average molecular weight is 428 g/mol. The van der Waals surface area contributed by atoms with Crippen LogP contribution in [0.4, 0.5) is 0 Å². The molecule has 0 aliphatic heterocycles. The molecule has 2 aromatic carbocycles. The van der Waals surface area contributed by atoms with Gasteiger partial charge in [0.2, 0.25) is 0 Å². The van der Waals surface area contributed by atoms with Gasteiger partial charge in [-0.2, -0.15) is 5.10 Å². The Balaban J connectivity index is 1.65. The number of hydrogen-bond donors (Lipinski definition) is 1. The molecule has 0 spiro atoms. The summed E-state index contributed by atoms with van der Waals surface area (Å²) in [5.41, 5.74) is 3.55. The molecule has 0 bridgehead atoms. The van der Waals surface area contributed by atoms with Gasteiger partial charge in [0, 0.05) is 36.5 Å². The molecule has 1 N–H and O–H groups in total. The first kappa shape index (κ1) is 21.1. The number of pyridine rings is 1. The van der Waals surface area contributed by atoms with Crippen LogP contribution in [0.3, 0.4) is 0 Å². The quantitative estimate of drug-likeness (QED) is 0.460. The van der Waals surface area contributed by atoms with Gasteiger partial charge in [-0.3, -0.25) is 9.78 Å². The van der Waals surface area contributed by atoms with E-state index in [1.54, 1.807) is 37.2 Å². The van der Waals surface area contributed by atoms with E-state index in [2.05, 4.69) is 10.3 Å². The molecule has 0 aliphatic carbocycles. The lowest BCUT2D eigenvalue weighted by molar-refractivity contribution is 0.0946. The van der Waals surface area contributed by atoms with Gasteiger partial charge in [0.1, 0.15) is 17.2 Å². The van der Waals surface area contributed by atoms with Crippen LogP contribution in [0.5, 0.6) is 11.5 Å². The van der Waals surface area contributed by atoms with E-state index in [1.807, 2.05) is 60.7 Å². The average Bonchev–Trinajstić information content (AvgIpc) is 3.30. The summed E-state index contributed by atoms with van der Waals surface area (Å²) in [4.78, 5) is 17.4. The number of hydrogen-bond acceptors (Lipinski definition) is 5. The van der Waals surface area contributed by atoms with Crippen LogP contribution in [-0.2, 0) is 6.42 Å². The van der Waals surface area contributed by atoms with E-state index in [0.29, 0.717) is 35.9 Å². The summed E-state index contributed by atoms with van der Waals surface area (Å²) in [6.07, 6.45) is 2.39. The number of ether oxygens (including phenoxy) is 2. The van der Waals surface area contributed by atoms with Gasteiger partial charge < -0.3 is 14.8 Å². The van der Waals surface area contributed by atoms with Crippen molar-refractivity contribution in [3.8, 4) is 28.4 Å². The zero-order valence-corrected chi connectivity index (χ0v) is 18.0. The molecular weight excluding hydrogens is 404 g/mol. The highest BCUT2D eigenvalue weighted by Crippen LogP contribution is 2.33. The topological polar surface area (TPSA) is 78.3 Å². The molecule has 0 aliphatic rings. The highest BCUT2D eigenvalue weighted by Gasteiger charge is 2.19. The Morgan fingerprint density at radius 1 is 0.969 bits per heavy atom. The molecule has 0 saturated heterocycles. The van der Waals surface area contributed by atoms with Crippen molar-refractivity contribution in [1.29, 1.82) is 0 Å². The molecule has 7 nitrogen and oxygen atoms in total. The van der Waals surface area contributed by atoms with E-state index < -0.39 is 0 Å². The SMILES string of the molecule is COc1ccc(-c2cc(C(=O)NCCc3ccccn3)n(-c3ccccc3)n2)c(OC)c1. The standard InChI is InChI=1S/C25H24N4O3/c1-31-20-11-12-21(24(16-20)32-2)22-17-23(29(28-22)19-9-4-3-5-10-19)25(30)27-15-13-18-8-6-7-14-26-18/h3-12,14,16-17H,13,15H2,1-2H3,(H,27,30). The number of benzene rings is 2. The zero-order valence-electron chi connectivity index (χ0n) is 18.0. The molecule has 7 heteroatoms. The Morgan fingerprint density at radius 2 is 1.78 bits per heavy atom. The number of aromatic nitrogens is 3. The minimum absolute atomic E-state index is 0.212. The molecule has 0 saturated carbocycles. The smallest absolute Gasteiger partial charge is 0.270 e. The van der Waals surface area contributed by atoms with Gasteiger partial charge in [-0.25, -0.2) is 4.68 Å². The molecule has 1 amide bonds. The first-order valence-corrected chi connectivity index (χ1v) is 10.3. The fraction of sp³-hybridized carbons (Fsp3) is 0.160. The van der Waals surface area contributed by atoms with Crippen molar-refractivity contribution in [3.05, 3.63) is 90.4 Å². The van der Waals surface area contributed by atoms with Gasteiger partial charge in [0.05, 0.1) is 25.6 Å². The van der Waals surface area contributed by atoms with Crippen LogP contribution >= 0.6 is 0 Å². The lowest BCUT2D eigenvalue weighted by atomic mass is 10.1. The third-order valence-corrected chi connectivity index (χ3v) is 5.02. The fourth-order valence-corrected chi connectivity index (χ4v) is 3.39. The summed E-state index contributed by atoms with van der Waals surface area (Å²) in [5, 5.41) is 7.70. The van der Waals surface area contributed by atoms with Crippen molar-refractivity contribution in [2.75, 3.05) is 20.8 Å². The lowest BCUT2D eigenvalue weighted by Crippen LogP contribution is -2.28. The lowest BCUT2D eigenvalue weighted by Gasteiger charge is -2.09. The molecule has 0 unspecified atom stereocenters. The Morgan fingerprint density at radius 3 is 2.50 bits per heavy atom. The van der Waals surface area contributed by atoms with Gasteiger partial charge >= 0.3 is 0 Å². The third kappa shape index (κ3) is 4.62. The molecule has 0 fully saturated rings. The van der Waals surface area contributed by atoms with Gasteiger partial charge in [-0.05, 0) is 42.5 Å². The molecule has 2 heterocycles. The van der Waals surface area contributed by atoms with E-state index in [-0.39, 0.29) is 5.91 Å². The zero-order chi connectivity index (χ0) is 22.3. The summed E-state index contributed by atoms with van der Waals surface area (Å²) in [6, 6.07) is 22.6. The monoisotopic (exact) mass is 428 g/mol. The van der Waals surface area contributed by atoms with Crippen molar-refractivity contribution in [2.45, 2.75) is 6.42 Å². The molecule has 0 atom stereocenters. The van der Waals surface area contributed by atoms with Crippen LogP contribution in [-0.4, -0.2) is 41.4 Å². The number of methoxy groups -OCH3 is 2. The number of para-hydroxylation sites is 1. The van der Waals surface area contributed by atoms with Gasteiger partial charge in [-0.1, -0.05) is 24.3 Å². The second kappa shape index (κ2) is 9.78. The fourth-order valence-electron chi connectivity index (χ4n) is 3.39. The summed E-state index contributed by atoms with van der Waals surface area (Å²) in [6.45, 7) is 0.469. The first-order valence-electron chi connectivity index (χ1n) is 10.3. The van der Waals surface area contributed by atoms with Crippen LogP contribution in [0.15, 0.2) is 79.0 Å². The normalized spacial score (nSPS) is 10.6. The molecule has 4 aromatic rings. The number of carbonyl (C=O) groups excluding carboxylic acids is 1. The van der Waals surface area contributed by atoms with E-state index in [4.69, 9.17) is 14.6 Å². The largest absolute Gasteiger partial charge is 0.497 e. The number of nitrogens with zero attached hydrogens (tertiary/aromatic N) is 3. The molecule has 32 heavy (non-hydrogen) atoms. The van der Waals surface area contributed by atoms with Crippen molar-refractivity contribution >= 4 is 5.91 Å². The summed E-state index contributed by atoms with van der Waals surface area (Å²) in [5.74, 6) is 1.08. The molecule has 4 rings (SSSR count). The van der Waals surface area contributed by atoms with E-state index in [1.165, 1.54) is 0 Å². The highest BCUT2D eigenvalue weighted by molar-refractivity contribution is 5.94. The third-order valence-electron chi connectivity index (χ3n) is 5.02. The molecular formula is C25H24N4O3. The van der Waals surface area contributed by atoms with Crippen molar-refractivity contribution in [1.82, 2.24) is 20.1 Å². The number of carbonyl (C=O) groups is 1. The van der Waals surface area contributed by atoms with Crippen LogP contribution in [0, 0.1) is 0 Å². The van der Waals surface area contributed by atoms with Crippen LogP contribution in [0.2, 0.25) is 0 Å². The van der Waals surface area contributed by atoms with Crippen LogP contribution < -0.4 is 14.8 Å². The maximum atomic E-state index is 13.1. The Bertz CT molecular complexity index is 1190. The molecule has 162 valence electrons. The van der Waals surface area contributed by atoms with Gasteiger partial charge in [-0.15, -0.1) is 0 Å². The second-order valence-electron chi connectivity index (χ2n) is 7.06. The van der Waals surface area contributed by atoms with E-state index in [9.17, 15) is 4.79 Å². The summed E-state index contributed by atoms with van der Waals surface area (Å²) in [7, 11) is 3.20. The Hall–Kier alpha value is -4.13. The Kier molecular flexibility index (Phi) is 6.46. The number of nitrogens with one attached hydrogen (secondary N) is 1. The van der Waals surface area contributed by atoms with Crippen LogP contribution in [0.1, 0.15) is 16.2 Å². The van der Waals surface area contributed by atoms with Crippen LogP contribution in [0.25, 0.3) is 16.9 Å². The molecule has 2 aromatic heterocycles. The minimum atomic E-state index is -0.212. The number of rotatable bonds is 8. The van der Waals surface area contributed by atoms with Crippen molar-refractivity contribution < 1.29 is 14.3 Å². The summed E-state index contributed by atoms with van der Waals surface area (Å²) < 4.78 is 12.5. The maximum Gasteiger partial charge on any atom is 0.270 e. The predicted octanol–water partition coefficient (Wildman–Crippen LogP) is 3.92. The predicted molar refractivity (Wildman–Crippen MR) is 122 cm³/mol. The Labute approximate surface area is 186 Å². The van der Waals surface area contributed by atoms with Gasteiger partial charge in [0.25, 0.3) is 5.91 Å². The van der Waals surface area contributed by atoms with E-state index in [0.717, 1.165) is 16.9 Å². The van der Waals surface area contributed by atoms with Crippen molar-refractivity contribution in [3.63, 3.8) is 0 Å². The first-order chi connectivity index (χ1) is 15.7. The highest BCUT2D eigenvalue weighted by atomic mass is 16.5. The minimum Gasteiger partial charge on any atom is -0.497 e. The maximum absolute atomic E-state index is 13.1.